The molecule has 2 atom stereocenters. The van der Waals surface area contributed by atoms with Crippen LogP contribution in [0.1, 0.15) is 33.1 Å². The average Bonchev–Trinajstić information content (AvgIpc) is 1.93. The molecule has 2 heterocycles. The van der Waals surface area contributed by atoms with Crippen LogP contribution in [0, 0.1) is 0 Å². The average molecular weight is 241 g/mol. The largest absolute Gasteiger partial charge is 0.314 e. The maximum Gasteiger partial charge on any atom is 0.0351 e. The highest BCUT2D eigenvalue weighted by Gasteiger charge is 2.33. The lowest BCUT2D eigenvalue weighted by Crippen LogP contribution is -2.62. The van der Waals surface area contributed by atoms with E-state index in [1.54, 1.807) is 0 Å². The van der Waals surface area contributed by atoms with Gasteiger partial charge in [-0.1, -0.05) is 6.42 Å². The lowest BCUT2D eigenvalue weighted by Gasteiger charge is -2.48. The van der Waals surface area contributed by atoms with Crippen molar-refractivity contribution in [1.82, 2.24) is 10.2 Å². The van der Waals surface area contributed by atoms with E-state index in [2.05, 4.69) is 24.1 Å². The summed E-state index contributed by atoms with van der Waals surface area (Å²) in [6.45, 7) is 7.20. The summed E-state index contributed by atoms with van der Waals surface area (Å²) in [5.74, 6) is 0. The fourth-order valence-corrected chi connectivity index (χ4v) is 2.65. The van der Waals surface area contributed by atoms with Gasteiger partial charge in [0.1, 0.15) is 0 Å². The predicted octanol–water partition coefficient (Wildman–Crippen LogP) is 2.06. The van der Waals surface area contributed by atoms with Crippen molar-refractivity contribution in [3.8, 4) is 0 Å². The molecule has 2 saturated heterocycles. The Bertz CT molecular complexity index is 149. The third-order valence-electron chi connectivity index (χ3n) is 3.44. The minimum Gasteiger partial charge on any atom is -0.314 e. The molecule has 2 rings (SSSR count). The second kappa shape index (κ2) is 6.16. The molecule has 4 heteroatoms. The van der Waals surface area contributed by atoms with E-state index in [0.29, 0.717) is 0 Å². The van der Waals surface area contributed by atoms with Gasteiger partial charge in [-0.25, -0.2) is 0 Å². The molecule has 86 valence electrons. The summed E-state index contributed by atoms with van der Waals surface area (Å²) in [5, 5.41) is 3.36. The second-order valence-corrected chi connectivity index (χ2v) is 4.39. The van der Waals surface area contributed by atoms with Crippen LogP contribution < -0.4 is 5.32 Å². The lowest BCUT2D eigenvalue weighted by molar-refractivity contribution is 0.0308. The first-order valence-electron chi connectivity index (χ1n) is 5.27. The van der Waals surface area contributed by atoms with E-state index in [9.17, 15) is 0 Å². The van der Waals surface area contributed by atoms with Crippen LogP contribution in [0.3, 0.4) is 0 Å². The number of rotatable bonds is 1. The van der Waals surface area contributed by atoms with Crippen LogP contribution in [0.2, 0.25) is 0 Å². The molecule has 0 spiro atoms. The van der Waals surface area contributed by atoms with Gasteiger partial charge in [0, 0.05) is 31.2 Å². The van der Waals surface area contributed by atoms with E-state index in [1.807, 2.05) is 0 Å². The van der Waals surface area contributed by atoms with Gasteiger partial charge in [0.2, 0.25) is 0 Å². The summed E-state index contributed by atoms with van der Waals surface area (Å²) >= 11 is 0. The first kappa shape index (κ1) is 14.5. The van der Waals surface area contributed by atoms with Gasteiger partial charge in [-0.15, -0.1) is 24.8 Å². The molecule has 2 aliphatic rings. The lowest BCUT2D eigenvalue weighted by atomic mass is 9.93. The molecule has 0 amide bonds. The van der Waals surface area contributed by atoms with Crippen LogP contribution >= 0.6 is 24.8 Å². The molecule has 0 saturated carbocycles. The number of nitrogens with zero attached hydrogens (tertiary/aromatic N) is 1. The number of likely N-dealkylation sites (tertiary alicyclic amines) is 1. The highest BCUT2D eigenvalue weighted by atomic mass is 35.5. The topological polar surface area (TPSA) is 15.3 Å². The van der Waals surface area contributed by atoms with Crippen LogP contribution in [-0.4, -0.2) is 36.1 Å². The Morgan fingerprint density at radius 2 is 1.50 bits per heavy atom. The zero-order chi connectivity index (χ0) is 8.55. The maximum absolute atomic E-state index is 3.36. The Balaban J connectivity index is 0.000000845. The molecule has 14 heavy (non-hydrogen) atoms. The van der Waals surface area contributed by atoms with Gasteiger partial charge >= 0.3 is 0 Å². The summed E-state index contributed by atoms with van der Waals surface area (Å²) in [6, 6.07) is 2.48. The minimum atomic E-state index is 0. The molecular formula is C10H22Cl2N2. The standard InChI is InChI=1S/C10H20N2.2ClH/c1-8-4-3-5-9(2)12(8)10-6-11-7-10;;/h8-11H,3-7H2,1-2H3;2*1H. The van der Waals surface area contributed by atoms with E-state index < -0.39 is 0 Å². The zero-order valence-electron chi connectivity index (χ0n) is 9.03. The van der Waals surface area contributed by atoms with Crippen molar-refractivity contribution in [2.24, 2.45) is 0 Å². The number of hydrogen-bond acceptors (Lipinski definition) is 2. The highest BCUT2D eigenvalue weighted by Crippen LogP contribution is 2.25. The molecule has 0 aromatic carbocycles. The molecule has 2 nitrogen and oxygen atoms in total. The Hall–Kier alpha value is 0.500. The van der Waals surface area contributed by atoms with E-state index in [0.717, 1.165) is 18.1 Å². The fraction of sp³-hybridized carbons (Fsp3) is 1.00. The van der Waals surface area contributed by atoms with Crippen LogP contribution in [0.15, 0.2) is 0 Å². The monoisotopic (exact) mass is 240 g/mol. The van der Waals surface area contributed by atoms with Crippen molar-refractivity contribution in [2.45, 2.75) is 51.2 Å². The molecule has 0 aromatic rings. The van der Waals surface area contributed by atoms with Crippen LogP contribution in [0.4, 0.5) is 0 Å². The predicted molar refractivity (Wildman–Crippen MR) is 65.8 cm³/mol. The van der Waals surface area contributed by atoms with E-state index in [-0.39, 0.29) is 24.8 Å². The third-order valence-corrected chi connectivity index (χ3v) is 3.44. The number of piperidine rings is 1. The van der Waals surface area contributed by atoms with E-state index in [1.165, 1.54) is 32.4 Å². The van der Waals surface area contributed by atoms with Crippen molar-refractivity contribution in [3.63, 3.8) is 0 Å². The van der Waals surface area contributed by atoms with Crippen LogP contribution in [0.5, 0.6) is 0 Å². The molecule has 0 radical (unpaired) electrons. The second-order valence-electron chi connectivity index (χ2n) is 4.39. The van der Waals surface area contributed by atoms with Crippen molar-refractivity contribution >= 4 is 24.8 Å². The fourth-order valence-electron chi connectivity index (χ4n) is 2.65. The van der Waals surface area contributed by atoms with Gasteiger partial charge in [-0.2, -0.15) is 0 Å². The van der Waals surface area contributed by atoms with Gasteiger partial charge in [-0.05, 0) is 26.7 Å². The number of halogens is 2. The molecule has 0 bridgehead atoms. The molecule has 2 unspecified atom stereocenters. The SMILES string of the molecule is CC1CCCC(C)N1C1CNC1.Cl.Cl. The normalized spacial score (nSPS) is 33.9. The molecule has 1 N–H and O–H groups in total. The number of nitrogens with one attached hydrogen (secondary N) is 1. The van der Waals surface area contributed by atoms with Crippen molar-refractivity contribution < 1.29 is 0 Å². The van der Waals surface area contributed by atoms with Gasteiger partial charge in [0.25, 0.3) is 0 Å². The number of hydrogen-bond donors (Lipinski definition) is 1. The molecule has 2 aliphatic heterocycles. The van der Waals surface area contributed by atoms with E-state index in [4.69, 9.17) is 0 Å². The Labute approximate surface area is 99.6 Å². The Morgan fingerprint density at radius 3 is 1.86 bits per heavy atom. The first-order chi connectivity index (χ1) is 5.79. The third kappa shape index (κ3) is 2.75. The van der Waals surface area contributed by atoms with Gasteiger partial charge < -0.3 is 5.32 Å². The summed E-state index contributed by atoms with van der Waals surface area (Å²) in [7, 11) is 0. The minimum absolute atomic E-state index is 0. The van der Waals surface area contributed by atoms with Gasteiger partial charge in [0.15, 0.2) is 0 Å². The first-order valence-corrected chi connectivity index (χ1v) is 5.27. The smallest absolute Gasteiger partial charge is 0.0351 e. The molecular weight excluding hydrogens is 219 g/mol. The summed E-state index contributed by atoms with van der Waals surface area (Å²) in [4.78, 5) is 2.72. The van der Waals surface area contributed by atoms with Crippen molar-refractivity contribution in [2.75, 3.05) is 13.1 Å². The summed E-state index contributed by atoms with van der Waals surface area (Å²) < 4.78 is 0. The van der Waals surface area contributed by atoms with Crippen LogP contribution in [0.25, 0.3) is 0 Å². The maximum atomic E-state index is 3.36. The zero-order valence-corrected chi connectivity index (χ0v) is 10.7. The Morgan fingerprint density at radius 1 is 1.00 bits per heavy atom. The van der Waals surface area contributed by atoms with Crippen LogP contribution in [-0.2, 0) is 0 Å². The van der Waals surface area contributed by atoms with Crippen molar-refractivity contribution in [1.29, 1.82) is 0 Å². The molecule has 2 fully saturated rings. The molecule has 0 aliphatic carbocycles. The summed E-state index contributed by atoms with van der Waals surface area (Å²) in [6.07, 6.45) is 4.24. The van der Waals surface area contributed by atoms with Gasteiger partial charge in [-0.3, -0.25) is 4.90 Å². The molecule has 0 aromatic heterocycles. The Kier molecular flexibility index (Phi) is 6.38. The highest BCUT2D eigenvalue weighted by molar-refractivity contribution is 5.85. The quantitative estimate of drug-likeness (QED) is 0.756. The van der Waals surface area contributed by atoms with Gasteiger partial charge in [0.05, 0.1) is 0 Å². The van der Waals surface area contributed by atoms with Crippen molar-refractivity contribution in [3.05, 3.63) is 0 Å². The van der Waals surface area contributed by atoms with E-state index >= 15 is 0 Å². The summed E-state index contributed by atoms with van der Waals surface area (Å²) in [5.41, 5.74) is 0.